The molecule has 0 aliphatic rings. The Morgan fingerprint density at radius 1 is 1.21 bits per heavy atom. The van der Waals surface area contributed by atoms with Gasteiger partial charge in [0.25, 0.3) is 5.91 Å². The number of anilines is 3. The standard InChI is InChI=1S/C14H14BrN3O/c1-8-11(15)3-2-4-12(8)18-13-6-5-9(16)7-10(13)14(17)19/h2-7,18H,16H2,1H3,(H2,17,19). The lowest BCUT2D eigenvalue weighted by molar-refractivity contribution is 0.100. The summed E-state index contributed by atoms with van der Waals surface area (Å²) in [4.78, 5) is 11.4. The van der Waals surface area contributed by atoms with Gasteiger partial charge in [0, 0.05) is 15.8 Å². The average Bonchev–Trinajstić information content (AvgIpc) is 2.36. The molecule has 0 saturated heterocycles. The number of benzene rings is 2. The largest absolute Gasteiger partial charge is 0.399 e. The number of carbonyl (C=O) groups is 1. The monoisotopic (exact) mass is 319 g/mol. The van der Waals surface area contributed by atoms with E-state index in [2.05, 4.69) is 21.2 Å². The fraction of sp³-hybridized carbons (Fsp3) is 0.0714. The van der Waals surface area contributed by atoms with Gasteiger partial charge in [0.05, 0.1) is 11.3 Å². The van der Waals surface area contributed by atoms with Crippen molar-refractivity contribution in [3.8, 4) is 0 Å². The SMILES string of the molecule is Cc1c(Br)cccc1Nc1ccc(N)cc1C(N)=O. The molecule has 4 nitrogen and oxygen atoms in total. The highest BCUT2D eigenvalue weighted by Gasteiger charge is 2.10. The minimum Gasteiger partial charge on any atom is -0.399 e. The van der Waals surface area contributed by atoms with Gasteiger partial charge in [0.1, 0.15) is 0 Å². The number of carbonyl (C=O) groups excluding carboxylic acids is 1. The summed E-state index contributed by atoms with van der Waals surface area (Å²) >= 11 is 3.47. The van der Waals surface area contributed by atoms with Gasteiger partial charge in [-0.2, -0.15) is 0 Å². The van der Waals surface area contributed by atoms with Crippen LogP contribution in [0.4, 0.5) is 17.1 Å². The van der Waals surface area contributed by atoms with Crippen LogP contribution < -0.4 is 16.8 Å². The van der Waals surface area contributed by atoms with Gasteiger partial charge < -0.3 is 16.8 Å². The van der Waals surface area contributed by atoms with E-state index in [4.69, 9.17) is 11.5 Å². The zero-order valence-corrected chi connectivity index (χ0v) is 12.0. The second-order valence-corrected chi connectivity index (χ2v) is 5.06. The summed E-state index contributed by atoms with van der Waals surface area (Å²) in [5.41, 5.74) is 14.5. The lowest BCUT2D eigenvalue weighted by atomic mass is 10.1. The van der Waals surface area contributed by atoms with Crippen LogP contribution in [0.15, 0.2) is 40.9 Å². The second kappa shape index (κ2) is 5.32. The summed E-state index contributed by atoms with van der Waals surface area (Å²) in [5, 5.41) is 3.20. The molecule has 0 aliphatic heterocycles. The molecule has 0 saturated carbocycles. The fourth-order valence-electron chi connectivity index (χ4n) is 1.76. The lowest BCUT2D eigenvalue weighted by Gasteiger charge is -2.13. The molecule has 5 heteroatoms. The molecular formula is C14H14BrN3O. The van der Waals surface area contributed by atoms with E-state index in [0.717, 1.165) is 15.7 Å². The first-order chi connectivity index (χ1) is 8.99. The van der Waals surface area contributed by atoms with Crippen LogP contribution in [0.5, 0.6) is 0 Å². The van der Waals surface area contributed by atoms with E-state index in [1.54, 1.807) is 18.2 Å². The molecule has 0 atom stereocenters. The van der Waals surface area contributed by atoms with Gasteiger partial charge in [-0.3, -0.25) is 4.79 Å². The van der Waals surface area contributed by atoms with E-state index in [1.807, 2.05) is 25.1 Å². The van der Waals surface area contributed by atoms with Crippen molar-refractivity contribution in [3.63, 3.8) is 0 Å². The number of amides is 1. The number of rotatable bonds is 3. The maximum Gasteiger partial charge on any atom is 0.250 e. The van der Waals surface area contributed by atoms with Crippen LogP contribution in [0.25, 0.3) is 0 Å². The molecule has 2 rings (SSSR count). The van der Waals surface area contributed by atoms with E-state index in [1.165, 1.54) is 0 Å². The molecule has 2 aromatic carbocycles. The van der Waals surface area contributed by atoms with E-state index in [9.17, 15) is 4.79 Å². The number of primary amides is 1. The van der Waals surface area contributed by atoms with Crippen LogP contribution in [0.3, 0.4) is 0 Å². The van der Waals surface area contributed by atoms with Gasteiger partial charge in [-0.05, 0) is 42.8 Å². The van der Waals surface area contributed by atoms with Crippen molar-refractivity contribution in [1.82, 2.24) is 0 Å². The summed E-state index contributed by atoms with van der Waals surface area (Å²) in [7, 11) is 0. The maximum absolute atomic E-state index is 11.4. The highest BCUT2D eigenvalue weighted by atomic mass is 79.9. The van der Waals surface area contributed by atoms with Crippen molar-refractivity contribution in [2.24, 2.45) is 5.73 Å². The number of halogens is 1. The van der Waals surface area contributed by atoms with Crippen molar-refractivity contribution in [1.29, 1.82) is 0 Å². The van der Waals surface area contributed by atoms with Crippen molar-refractivity contribution < 1.29 is 4.79 Å². The molecule has 98 valence electrons. The van der Waals surface area contributed by atoms with Crippen LogP contribution in [0.1, 0.15) is 15.9 Å². The Kier molecular flexibility index (Phi) is 3.76. The van der Waals surface area contributed by atoms with Crippen molar-refractivity contribution in [2.45, 2.75) is 6.92 Å². The molecule has 0 spiro atoms. The van der Waals surface area contributed by atoms with Gasteiger partial charge >= 0.3 is 0 Å². The van der Waals surface area contributed by atoms with Crippen LogP contribution in [0, 0.1) is 6.92 Å². The third-order valence-corrected chi connectivity index (χ3v) is 3.71. The molecule has 0 fully saturated rings. The summed E-state index contributed by atoms with van der Waals surface area (Å²) in [5.74, 6) is -0.512. The van der Waals surface area contributed by atoms with E-state index in [-0.39, 0.29) is 0 Å². The Morgan fingerprint density at radius 3 is 2.63 bits per heavy atom. The van der Waals surface area contributed by atoms with Crippen LogP contribution in [-0.2, 0) is 0 Å². The van der Waals surface area contributed by atoms with Gasteiger partial charge in [-0.1, -0.05) is 22.0 Å². The van der Waals surface area contributed by atoms with Crippen molar-refractivity contribution in [2.75, 3.05) is 11.1 Å². The average molecular weight is 320 g/mol. The molecule has 1 amide bonds. The number of hydrogen-bond acceptors (Lipinski definition) is 3. The first-order valence-electron chi connectivity index (χ1n) is 5.70. The number of nitrogen functional groups attached to an aromatic ring is 1. The Hall–Kier alpha value is -2.01. The zero-order chi connectivity index (χ0) is 14.0. The minimum absolute atomic E-state index is 0.374. The number of nitrogens with two attached hydrogens (primary N) is 2. The topological polar surface area (TPSA) is 81.1 Å². The lowest BCUT2D eigenvalue weighted by Crippen LogP contribution is -2.14. The molecule has 0 aromatic heterocycles. The highest BCUT2D eigenvalue weighted by Crippen LogP contribution is 2.28. The van der Waals surface area contributed by atoms with E-state index in [0.29, 0.717) is 16.9 Å². The fourth-order valence-corrected chi connectivity index (χ4v) is 2.13. The number of nitrogens with one attached hydrogen (secondary N) is 1. The Morgan fingerprint density at radius 2 is 1.95 bits per heavy atom. The predicted octanol–water partition coefficient (Wildman–Crippen LogP) is 3.18. The second-order valence-electron chi connectivity index (χ2n) is 4.21. The van der Waals surface area contributed by atoms with Gasteiger partial charge in [0.2, 0.25) is 0 Å². The Labute approximate surface area is 119 Å². The van der Waals surface area contributed by atoms with Crippen LogP contribution in [-0.4, -0.2) is 5.91 Å². The molecule has 0 unspecified atom stereocenters. The molecule has 0 radical (unpaired) electrons. The Balaban J connectivity index is 2.44. The predicted molar refractivity (Wildman–Crippen MR) is 81.5 cm³/mol. The first kappa shape index (κ1) is 13.4. The van der Waals surface area contributed by atoms with Crippen LogP contribution in [0.2, 0.25) is 0 Å². The summed E-state index contributed by atoms with van der Waals surface area (Å²) in [6, 6.07) is 10.8. The summed E-state index contributed by atoms with van der Waals surface area (Å²) < 4.78 is 0.994. The minimum atomic E-state index is -0.512. The summed E-state index contributed by atoms with van der Waals surface area (Å²) in [6.07, 6.45) is 0. The summed E-state index contributed by atoms with van der Waals surface area (Å²) in [6.45, 7) is 1.98. The van der Waals surface area contributed by atoms with Gasteiger partial charge in [0.15, 0.2) is 0 Å². The molecule has 2 aromatic rings. The zero-order valence-electron chi connectivity index (χ0n) is 10.4. The first-order valence-corrected chi connectivity index (χ1v) is 6.50. The molecule has 0 bridgehead atoms. The highest BCUT2D eigenvalue weighted by molar-refractivity contribution is 9.10. The third kappa shape index (κ3) is 2.88. The third-order valence-electron chi connectivity index (χ3n) is 2.85. The maximum atomic E-state index is 11.4. The quantitative estimate of drug-likeness (QED) is 0.760. The van der Waals surface area contributed by atoms with Crippen molar-refractivity contribution in [3.05, 3.63) is 52.0 Å². The van der Waals surface area contributed by atoms with Crippen molar-refractivity contribution >= 4 is 38.9 Å². The van der Waals surface area contributed by atoms with Crippen LogP contribution >= 0.6 is 15.9 Å². The number of hydrogen-bond donors (Lipinski definition) is 3. The normalized spacial score (nSPS) is 10.2. The van der Waals surface area contributed by atoms with E-state index >= 15 is 0 Å². The molecule has 5 N–H and O–H groups in total. The molecule has 0 aliphatic carbocycles. The van der Waals surface area contributed by atoms with Gasteiger partial charge in [-0.25, -0.2) is 0 Å². The van der Waals surface area contributed by atoms with E-state index < -0.39 is 5.91 Å². The molecule has 19 heavy (non-hydrogen) atoms. The Bertz CT molecular complexity index is 641. The molecular weight excluding hydrogens is 306 g/mol. The molecule has 0 heterocycles. The smallest absolute Gasteiger partial charge is 0.250 e. The van der Waals surface area contributed by atoms with Gasteiger partial charge in [-0.15, -0.1) is 0 Å².